The predicted octanol–water partition coefficient (Wildman–Crippen LogP) is 3.66. The van der Waals surface area contributed by atoms with E-state index < -0.39 is 17.7 Å². The molecular weight excluding hydrogens is 360 g/mol. The molecule has 3 N–H and O–H groups in total. The number of methoxy groups -OCH3 is 1. The molecule has 28 heavy (non-hydrogen) atoms. The minimum atomic E-state index is -0.504. The van der Waals surface area contributed by atoms with Crippen LogP contribution in [0.5, 0.6) is 0 Å². The smallest absolute Gasteiger partial charge is 0.407 e. The topological polar surface area (TPSA) is 108 Å². The van der Waals surface area contributed by atoms with Crippen molar-refractivity contribution in [3.63, 3.8) is 0 Å². The maximum atomic E-state index is 12.1. The van der Waals surface area contributed by atoms with Crippen molar-refractivity contribution in [3.8, 4) is 0 Å². The third kappa shape index (κ3) is 5.37. The number of nitrogen functional groups attached to an aromatic ring is 1. The number of esters is 1. The van der Waals surface area contributed by atoms with Crippen LogP contribution in [0.2, 0.25) is 0 Å². The molecule has 0 bridgehead atoms. The number of ether oxygens (including phenoxy) is 2. The zero-order valence-electron chi connectivity index (χ0n) is 17.2. The lowest BCUT2D eigenvalue weighted by molar-refractivity contribution is 0.0525. The van der Waals surface area contributed by atoms with Crippen LogP contribution in [0, 0.1) is 0 Å². The monoisotopic (exact) mass is 390 g/mol. The Morgan fingerprint density at radius 3 is 2.64 bits per heavy atom. The summed E-state index contributed by atoms with van der Waals surface area (Å²) in [6, 6.07) is 5.34. The van der Waals surface area contributed by atoms with Crippen LogP contribution >= 0.6 is 0 Å². The van der Waals surface area contributed by atoms with E-state index in [4.69, 9.17) is 15.2 Å². The van der Waals surface area contributed by atoms with Gasteiger partial charge in [-0.15, -0.1) is 0 Å². The van der Waals surface area contributed by atoms with Gasteiger partial charge >= 0.3 is 12.1 Å². The number of amides is 1. The summed E-state index contributed by atoms with van der Waals surface area (Å²) in [4.78, 5) is 28.1. The second-order valence-corrected chi connectivity index (χ2v) is 7.78. The quantitative estimate of drug-likeness (QED) is 0.552. The Labute approximate surface area is 165 Å². The molecule has 2 rings (SSSR count). The zero-order chi connectivity index (χ0) is 20.9. The first kappa shape index (κ1) is 21.5. The number of carbonyl (C=O) groups is 2. The van der Waals surface area contributed by atoms with E-state index in [-0.39, 0.29) is 6.04 Å². The lowest BCUT2D eigenvalue weighted by Crippen LogP contribution is -2.33. The molecule has 0 aliphatic carbocycles. The lowest BCUT2D eigenvalue weighted by Gasteiger charge is -2.20. The molecule has 2 aromatic rings. The fourth-order valence-corrected chi connectivity index (χ4v) is 3.09. The standard InChI is InChI=1S/C20H30N4O4/c1-13(9-6-7-12-22-19(26)28-20(2,3)4)24-16-14(17(25)27-5)10-8-11-15(16)23-18(24)21/h8,10-11,13H,6-7,9,12H2,1-5H3,(H2,21,23)(H,22,26). The van der Waals surface area contributed by atoms with Gasteiger partial charge in [0.05, 0.1) is 23.7 Å². The van der Waals surface area contributed by atoms with E-state index >= 15 is 0 Å². The number of unbranched alkanes of at least 4 members (excludes halogenated alkanes) is 1. The predicted molar refractivity (Wildman–Crippen MR) is 108 cm³/mol. The number of anilines is 1. The Morgan fingerprint density at radius 1 is 1.29 bits per heavy atom. The highest BCUT2D eigenvalue weighted by molar-refractivity contribution is 6.02. The van der Waals surface area contributed by atoms with E-state index in [2.05, 4.69) is 10.3 Å². The van der Waals surface area contributed by atoms with Crippen molar-refractivity contribution in [2.45, 2.75) is 58.6 Å². The van der Waals surface area contributed by atoms with E-state index in [1.54, 1.807) is 12.1 Å². The number of hydrogen-bond donors (Lipinski definition) is 2. The van der Waals surface area contributed by atoms with Crippen LogP contribution < -0.4 is 11.1 Å². The number of alkyl carbamates (subject to hydrolysis) is 1. The van der Waals surface area contributed by atoms with Crippen LogP contribution in [0.1, 0.15) is 63.4 Å². The minimum Gasteiger partial charge on any atom is -0.465 e. The Balaban J connectivity index is 1.98. The molecule has 0 saturated heterocycles. The molecule has 0 aliphatic rings. The van der Waals surface area contributed by atoms with Crippen molar-refractivity contribution in [2.24, 2.45) is 0 Å². The summed E-state index contributed by atoms with van der Waals surface area (Å²) in [5.41, 5.74) is 7.41. The third-order valence-electron chi connectivity index (χ3n) is 4.30. The summed E-state index contributed by atoms with van der Waals surface area (Å²) in [6.45, 7) is 8.06. The van der Waals surface area contributed by atoms with Crippen LogP contribution in [0.3, 0.4) is 0 Å². The van der Waals surface area contributed by atoms with Gasteiger partial charge in [0.1, 0.15) is 5.60 Å². The van der Waals surface area contributed by atoms with Gasteiger partial charge in [0.25, 0.3) is 0 Å². The summed E-state index contributed by atoms with van der Waals surface area (Å²) >= 11 is 0. The van der Waals surface area contributed by atoms with Gasteiger partial charge in [-0.05, 0) is 59.1 Å². The van der Waals surface area contributed by atoms with E-state index in [9.17, 15) is 9.59 Å². The Morgan fingerprint density at radius 2 is 2.00 bits per heavy atom. The number of nitrogens with zero attached hydrogens (tertiary/aromatic N) is 2. The molecule has 1 atom stereocenters. The van der Waals surface area contributed by atoms with E-state index in [1.807, 2.05) is 38.3 Å². The molecule has 0 saturated carbocycles. The second-order valence-electron chi connectivity index (χ2n) is 7.78. The molecule has 0 spiro atoms. The van der Waals surface area contributed by atoms with Crippen molar-refractivity contribution in [1.82, 2.24) is 14.9 Å². The van der Waals surface area contributed by atoms with E-state index in [0.29, 0.717) is 29.1 Å². The number of carbonyl (C=O) groups excluding carboxylic acids is 2. The van der Waals surface area contributed by atoms with Crippen molar-refractivity contribution in [3.05, 3.63) is 23.8 Å². The molecule has 1 heterocycles. The Hall–Kier alpha value is -2.77. The summed E-state index contributed by atoms with van der Waals surface area (Å²) in [5, 5.41) is 2.75. The van der Waals surface area contributed by atoms with Crippen LogP contribution in [0.4, 0.5) is 10.7 Å². The number of imidazole rings is 1. The van der Waals surface area contributed by atoms with Crippen molar-refractivity contribution < 1.29 is 19.1 Å². The van der Waals surface area contributed by atoms with E-state index in [0.717, 1.165) is 19.3 Å². The average Bonchev–Trinajstić information content (AvgIpc) is 2.94. The normalized spacial score (nSPS) is 12.6. The molecule has 154 valence electrons. The molecule has 0 fully saturated rings. The number of benzene rings is 1. The maximum Gasteiger partial charge on any atom is 0.407 e. The van der Waals surface area contributed by atoms with Gasteiger partial charge in [-0.3, -0.25) is 0 Å². The van der Waals surface area contributed by atoms with Gasteiger partial charge in [-0.2, -0.15) is 0 Å². The molecule has 1 unspecified atom stereocenters. The summed E-state index contributed by atoms with van der Waals surface area (Å²) < 4.78 is 12.0. The number of rotatable bonds is 7. The van der Waals surface area contributed by atoms with Crippen molar-refractivity contribution in [1.29, 1.82) is 0 Å². The summed E-state index contributed by atoms with van der Waals surface area (Å²) in [6.07, 6.45) is 2.09. The fourth-order valence-electron chi connectivity index (χ4n) is 3.09. The van der Waals surface area contributed by atoms with Gasteiger partial charge in [0.2, 0.25) is 5.95 Å². The number of fused-ring (bicyclic) bond motifs is 1. The molecule has 1 aromatic heterocycles. The molecule has 1 amide bonds. The minimum absolute atomic E-state index is 0.0392. The Kier molecular flexibility index (Phi) is 6.88. The van der Waals surface area contributed by atoms with Crippen molar-refractivity contribution >= 4 is 29.0 Å². The molecule has 0 aliphatic heterocycles. The van der Waals surface area contributed by atoms with Crippen molar-refractivity contribution in [2.75, 3.05) is 19.4 Å². The van der Waals surface area contributed by atoms with E-state index in [1.165, 1.54) is 7.11 Å². The van der Waals surface area contributed by atoms with Crippen LogP contribution in [-0.2, 0) is 9.47 Å². The summed E-state index contributed by atoms with van der Waals surface area (Å²) in [7, 11) is 1.35. The number of nitrogens with two attached hydrogens (primary N) is 1. The SMILES string of the molecule is COC(=O)c1cccc2nc(N)n(C(C)CCCCNC(=O)OC(C)(C)C)c12. The maximum absolute atomic E-state index is 12.1. The average molecular weight is 390 g/mol. The number of hydrogen-bond acceptors (Lipinski definition) is 6. The third-order valence-corrected chi connectivity index (χ3v) is 4.30. The highest BCUT2D eigenvalue weighted by Gasteiger charge is 2.20. The lowest BCUT2D eigenvalue weighted by atomic mass is 10.1. The number of nitrogens with one attached hydrogen (secondary N) is 1. The van der Waals surface area contributed by atoms with Crippen LogP contribution in [-0.4, -0.2) is 40.9 Å². The summed E-state index contributed by atoms with van der Waals surface area (Å²) in [5.74, 6) is -0.0498. The van der Waals surface area contributed by atoms with Gasteiger partial charge in [-0.25, -0.2) is 14.6 Å². The molecule has 8 heteroatoms. The van der Waals surface area contributed by atoms with Gasteiger partial charge in [-0.1, -0.05) is 6.07 Å². The first-order valence-corrected chi connectivity index (χ1v) is 9.45. The molecule has 1 aromatic carbocycles. The zero-order valence-corrected chi connectivity index (χ0v) is 17.2. The highest BCUT2D eigenvalue weighted by atomic mass is 16.6. The number of para-hydroxylation sites is 1. The highest BCUT2D eigenvalue weighted by Crippen LogP contribution is 2.28. The molecular formula is C20H30N4O4. The van der Waals surface area contributed by atoms with Gasteiger partial charge in [0, 0.05) is 12.6 Å². The fraction of sp³-hybridized carbons (Fsp3) is 0.550. The van der Waals surface area contributed by atoms with Gasteiger partial charge in [0.15, 0.2) is 0 Å². The Bertz CT molecular complexity index is 839. The molecule has 8 nitrogen and oxygen atoms in total. The first-order chi connectivity index (χ1) is 13.1. The largest absolute Gasteiger partial charge is 0.465 e. The van der Waals surface area contributed by atoms with Gasteiger partial charge < -0.3 is 25.1 Å². The van der Waals surface area contributed by atoms with Crippen LogP contribution in [0.15, 0.2) is 18.2 Å². The first-order valence-electron chi connectivity index (χ1n) is 9.45. The van der Waals surface area contributed by atoms with Crippen LogP contribution in [0.25, 0.3) is 11.0 Å². The second kappa shape index (κ2) is 8.95. The number of aromatic nitrogens is 2. The molecule has 0 radical (unpaired) electrons.